The summed E-state index contributed by atoms with van der Waals surface area (Å²) in [5, 5.41) is 0. The molecule has 1 aromatic heterocycles. The zero-order valence-corrected chi connectivity index (χ0v) is 14.2. The van der Waals surface area contributed by atoms with Crippen molar-refractivity contribution in [3.8, 4) is 5.75 Å². The van der Waals surface area contributed by atoms with Gasteiger partial charge in [-0.2, -0.15) is 0 Å². The van der Waals surface area contributed by atoms with Gasteiger partial charge in [-0.1, -0.05) is 18.2 Å². The van der Waals surface area contributed by atoms with Crippen LogP contribution in [0.5, 0.6) is 5.75 Å². The van der Waals surface area contributed by atoms with Crippen molar-refractivity contribution in [2.75, 3.05) is 26.4 Å². The van der Waals surface area contributed by atoms with E-state index in [2.05, 4.69) is 9.97 Å². The number of carbonyl (C=O) groups is 1. The Hall–Kier alpha value is -2.47. The van der Waals surface area contributed by atoms with Gasteiger partial charge in [0.2, 0.25) is 5.91 Å². The van der Waals surface area contributed by atoms with Gasteiger partial charge in [0.15, 0.2) is 0 Å². The van der Waals surface area contributed by atoms with Crippen molar-refractivity contribution in [3.05, 3.63) is 54.6 Å². The Morgan fingerprint density at radius 3 is 2.96 bits per heavy atom. The smallest absolute Gasteiger partial charge is 0.226 e. The second-order valence-corrected chi connectivity index (χ2v) is 5.96. The summed E-state index contributed by atoms with van der Waals surface area (Å²) in [7, 11) is 0. The molecule has 1 aliphatic rings. The number of ether oxygens (including phenoxy) is 2. The van der Waals surface area contributed by atoms with E-state index < -0.39 is 0 Å². The summed E-state index contributed by atoms with van der Waals surface area (Å²) in [4.78, 5) is 22.9. The fraction of sp³-hybridized carbons (Fsp3) is 0.421. The highest BCUT2D eigenvalue weighted by molar-refractivity contribution is 5.76. The van der Waals surface area contributed by atoms with Gasteiger partial charge in [0.05, 0.1) is 38.0 Å². The number of benzene rings is 1. The highest BCUT2D eigenvalue weighted by Crippen LogP contribution is 2.15. The number of aromatic nitrogens is 2. The van der Waals surface area contributed by atoms with E-state index in [1.54, 1.807) is 18.6 Å². The second-order valence-electron chi connectivity index (χ2n) is 5.96. The van der Waals surface area contributed by atoms with Crippen molar-refractivity contribution >= 4 is 5.91 Å². The van der Waals surface area contributed by atoms with E-state index in [0.29, 0.717) is 32.8 Å². The van der Waals surface area contributed by atoms with E-state index in [0.717, 1.165) is 24.3 Å². The van der Waals surface area contributed by atoms with Gasteiger partial charge >= 0.3 is 0 Å². The Bertz CT molecular complexity index is 651. The summed E-state index contributed by atoms with van der Waals surface area (Å²) >= 11 is 0. The van der Waals surface area contributed by atoms with Gasteiger partial charge in [-0.05, 0) is 25.0 Å². The van der Waals surface area contributed by atoms with Crippen LogP contribution in [0.1, 0.15) is 18.5 Å². The van der Waals surface area contributed by atoms with Crippen molar-refractivity contribution in [1.82, 2.24) is 14.9 Å². The third kappa shape index (κ3) is 5.26. The lowest BCUT2D eigenvalue weighted by molar-refractivity contribution is -0.140. The molecule has 132 valence electrons. The molecule has 3 rings (SSSR count). The molecule has 2 heterocycles. The number of hydrogen-bond acceptors (Lipinski definition) is 5. The van der Waals surface area contributed by atoms with Gasteiger partial charge in [0, 0.05) is 25.1 Å². The van der Waals surface area contributed by atoms with Gasteiger partial charge in [-0.3, -0.25) is 14.8 Å². The fourth-order valence-electron chi connectivity index (χ4n) is 2.91. The fourth-order valence-corrected chi connectivity index (χ4v) is 2.91. The van der Waals surface area contributed by atoms with Gasteiger partial charge in [0.25, 0.3) is 0 Å². The Morgan fingerprint density at radius 1 is 1.28 bits per heavy atom. The predicted octanol–water partition coefficient (Wildman–Crippen LogP) is 2.11. The molecule has 1 atom stereocenters. The summed E-state index contributed by atoms with van der Waals surface area (Å²) in [5.41, 5.74) is 0.938. The Balaban J connectivity index is 1.48. The molecule has 0 N–H and O–H groups in total. The number of nitrogens with zero attached hydrogens (tertiary/aromatic N) is 3. The molecule has 1 aliphatic heterocycles. The normalized spacial score (nSPS) is 17.3. The summed E-state index contributed by atoms with van der Waals surface area (Å²) in [6.45, 7) is 2.19. The molecule has 0 unspecified atom stereocenters. The number of aryl methyl sites for hydroxylation is 1. The average molecular weight is 341 g/mol. The molecule has 6 nitrogen and oxygen atoms in total. The van der Waals surface area contributed by atoms with E-state index in [1.807, 2.05) is 35.2 Å². The molecule has 6 heteroatoms. The summed E-state index contributed by atoms with van der Waals surface area (Å²) < 4.78 is 11.2. The van der Waals surface area contributed by atoms with Gasteiger partial charge < -0.3 is 14.4 Å². The standard InChI is InChI=1S/C19H23N3O3/c23-19(8-12-25-18-4-2-1-3-5-18)22-11-13-24-15-17(22)7-6-16-14-20-9-10-21-16/h1-5,9-10,14,17H,6-8,11-13,15H2/t17-/m0/s1. The third-order valence-corrected chi connectivity index (χ3v) is 4.23. The zero-order chi connectivity index (χ0) is 17.3. The number of morpholine rings is 1. The van der Waals surface area contributed by atoms with Crippen LogP contribution in [0.4, 0.5) is 0 Å². The summed E-state index contributed by atoms with van der Waals surface area (Å²) in [5.74, 6) is 0.903. The molecule has 0 saturated carbocycles. The first kappa shape index (κ1) is 17.4. The van der Waals surface area contributed by atoms with Crippen LogP contribution in [-0.2, 0) is 16.0 Å². The minimum atomic E-state index is 0.0833. The lowest BCUT2D eigenvalue weighted by atomic mass is 10.1. The van der Waals surface area contributed by atoms with Gasteiger partial charge in [-0.25, -0.2) is 0 Å². The topological polar surface area (TPSA) is 64.5 Å². The molecule has 0 bridgehead atoms. The number of hydrogen-bond donors (Lipinski definition) is 0. The highest BCUT2D eigenvalue weighted by Gasteiger charge is 2.26. The first-order valence-electron chi connectivity index (χ1n) is 8.63. The first-order chi connectivity index (χ1) is 12.3. The molecule has 0 radical (unpaired) electrons. The van der Waals surface area contributed by atoms with Crippen molar-refractivity contribution in [2.24, 2.45) is 0 Å². The van der Waals surface area contributed by atoms with E-state index >= 15 is 0 Å². The average Bonchev–Trinajstić information content (AvgIpc) is 2.68. The molecular weight excluding hydrogens is 318 g/mol. The Labute approximate surface area is 147 Å². The SMILES string of the molecule is O=C(CCOc1ccccc1)N1CCOC[C@@H]1CCc1cnccn1. The van der Waals surface area contributed by atoms with Crippen LogP contribution in [0, 0.1) is 0 Å². The summed E-state index contributed by atoms with van der Waals surface area (Å²) in [6, 6.07) is 9.64. The maximum atomic E-state index is 12.6. The van der Waals surface area contributed by atoms with Crippen LogP contribution < -0.4 is 4.74 Å². The molecule has 1 amide bonds. The van der Waals surface area contributed by atoms with Gasteiger partial charge in [0.1, 0.15) is 5.75 Å². The van der Waals surface area contributed by atoms with Crippen LogP contribution in [0.3, 0.4) is 0 Å². The van der Waals surface area contributed by atoms with E-state index in [-0.39, 0.29) is 11.9 Å². The van der Waals surface area contributed by atoms with Gasteiger partial charge in [-0.15, -0.1) is 0 Å². The molecule has 2 aromatic rings. The lowest BCUT2D eigenvalue weighted by Crippen LogP contribution is -2.49. The molecule has 0 aliphatic carbocycles. The molecule has 0 spiro atoms. The van der Waals surface area contributed by atoms with Crippen molar-refractivity contribution in [3.63, 3.8) is 0 Å². The van der Waals surface area contributed by atoms with E-state index in [9.17, 15) is 4.79 Å². The van der Waals surface area contributed by atoms with Crippen LogP contribution in [0.15, 0.2) is 48.9 Å². The molecule has 1 saturated heterocycles. The maximum absolute atomic E-state index is 12.6. The number of carbonyl (C=O) groups excluding carboxylic acids is 1. The van der Waals surface area contributed by atoms with E-state index in [4.69, 9.17) is 9.47 Å². The van der Waals surface area contributed by atoms with Crippen LogP contribution in [-0.4, -0.2) is 53.2 Å². The monoisotopic (exact) mass is 341 g/mol. The lowest BCUT2D eigenvalue weighted by Gasteiger charge is -2.35. The zero-order valence-electron chi connectivity index (χ0n) is 14.2. The third-order valence-electron chi connectivity index (χ3n) is 4.23. The predicted molar refractivity (Wildman–Crippen MR) is 93.2 cm³/mol. The first-order valence-corrected chi connectivity index (χ1v) is 8.63. The molecule has 25 heavy (non-hydrogen) atoms. The van der Waals surface area contributed by atoms with Crippen molar-refractivity contribution in [2.45, 2.75) is 25.3 Å². The number of para-hydroxylation sites is 1. The van der Waals surface area contributed by atoms with Crippen LogP contribution >= 0.6 is 0 Å². The number of amides is 1. The molecule has 1 fully saturated rings. The maximum Gasteiger partial charge on any atom is 0.226 e. The largest absolute Gasteiger partial charge is 0.493 e. The second kappa shape index (κ2) is 9.13. The summed E-state index contributed by atoms with van der Waals surface area (Å²) in [6.07, 6.45) is 7.10. The number of rotatable bonds is 7. The van der Waals surface area contributed by atoms with Crippen molar-refractivity contribution in [1.29, 1.82) is 0 Å². The quantitative estimate of drug-likeness (QED) is 0.772. The van der Waals surface area contributed by atoms with Crippen molar-refractivity contribution < 1.29 is 14.3 Å². The Morgan fingerprint density at radius 2 is 2.16 bits per heavy atom. The minimum Gasteiger partial charge on any atom is -0.493 e. The Kier molecular flexibility index (Phi) is 6.34. The minimum absolute atomic E-state index is 0.0833. The van der Waals surface area contributed by atoms with E-state index in [1.165, 1.54) is 0 Å². The van der Waals surface area contributed by atoms with Crippen LogP contribution in [0.2, 0.25) is 0 Å². The molecular formula is C19H23N3O3. The molecule has 1 aromatic carbocycles. The highest BCUT2D eigenvalue weighted by atomic mass is 16.5. The van der Waals surface area contributed by atoms with Crippen LogP contribution in [0.25, 0.3) is 0 Å².